The number of aromatic nitrogens is 3. The third-order valence-electron chi connectivity index (χ3n) is 3.50. The second-order valence-electron chi connectivity index (χ2n) is 5.49. The summed E-state index contributed by atoms with van der Waals surface area (Å²) in [7, 11) is -3.70. The molecule has 0 spiro atoms. The summed E-state index contributed by atoms with van der Waals surface area (Å²) >= 11 is 0. The van der Waals surface area contributed by atoms with E-state index in [2.05, 4.69) is 20.1 Å². The molecule has 0 bridgehead atoms. The Morgan fingerprint density at radius 3 is 2.77 bits per heavy atom. The minimum absolute atomic E-state index is 0.0522. The molecule has 1 amide bonds. The van der Waals surface area contributed by atoms with Crippen LogP contribution in [0.5, 0.6) is 0 Å². The Labute approximate surface area is 149 Å². The number of nitrogens with zero attached hydrogens (tertiary/aromatic N) is 3. The molecule has 136 valence electrons. The maximum Gasteiger partial charge on any atom is 0.249 e. The van der Waals surface area contributed by atoms with Crippen LogP contribution >= 0.6 is 0 Å². The Morgan fingerprint density at radius 1 is 1.23 bits per heavy atom. The van der Waals surface area contributed by atoms with Crippen molar-refractivity contribution >= 4 is 27.5 Å². The minimum atomic E-state index is -3.70. The van der Waals surface area contributed by atoms with E-state index in [1.165, 1.54) is 23.6 Å². The molecule has 0 radical (unpaired) electrons. The lowest BCUT2D eigenvalue weighted by atomic mass is 10.1. The van der Waals surface area contributed by atoms with Crippen molar-refractivity contribution in [2.45, 2.75) is 11.8 Å². The van der Waals surface area contributed by atoms with Gasteiger partial charge in [0.1, 0.15) is 0 Å². The second-order valence-corrected chi connectivity index (χ2v) is 7.25. The van der Waals surface area contributed by atoms with Crippen molar-refractivity contribution in [1.82, 2.24) is 19.3 Å². The molecule has 2 aromatic heterocycles. The Bertz CT molecular complexity index is 1060. The zero-order valence-electron chi connectivity index (χ0n) is 13.9. The van der Waals surface area contributed by atoms with E-state index in [0.717, 1.165) is 5.56 Å². The first-order valence-corrected chi connectivity index (χ1v) is 9.22. The molecule has 1 aromatic carbocycles. The van der Waals surface area contributed by atoms with Crippen LogP contribution in [0.15, 0.2) is 47.5 Å². The van der Waals surface area contributed by atoms with Crippen molar-refractivity contribution in [2.75, 3.05) is 18.5 Å². The highest BCUT2D eigenvalue weighted by molar-refractivity contribution is 7.89. The molecule has 0 aliphatic carbocycles. The predicted octanol–water partition coefficient (Wildman–Crippen LogP) is 0.625. The highest BCUT2D eigenvalue weighted by Crippen LogP contribution is 2.23. The Hall–Kier alpha value is -2.82. The number of benzene rings is 1. The number of hydrogen-bond acceptors (Lipinski definition) is 6. The van der Waals surface area contributed by atoms with E-state index in [9.17, 15) is 13.2 Å². The van der Waals surface area contributed by atoms with Gasteiger partial charge in [-0.25, -0.2) is 17.7 Å². The maximum atomic E-state index is 12.2. The fraction of sp³-hybridized carbons (Fsp3) is 0.188. The molecule has 0 saturated heterocycles. The Morgan fingerprint density at radius 2 is 2.04 bits per heavy atom. The molecule has 0 aliphatic heterocycles. The third kappa shape index (κ3) is 3.87. The van der Waals surface area contributed by atoms with Gasteiger partial charge in [0.25, 0.3) is 0 Å². The summed E-state index contributed by atoms with van der Waals surface area (Å²) in [5, 5.41) is 15.5. The first-order valence-electron chi connectivity index (χ1n) is 7.74. The molecule has 0 unspecified atom stereocenters. The number of aliphatic hydroxyl groups is 1. The number of anilines is 1. The van der Waals surface area contributed by atoms with Crippen LogP contribution in [-0.4, -0.2) is 47.2 Å². The van der Waals surface area contributed by atoms with Crippen molar-refractivity contribution in [3.05, 3.63) is 42.6 Å². The van der Waals surface area contributed by atoms with E-state index < -0.39 is 10.0 Å². The number of fused-ring (bicyclic) bond motifs is 1. The summed E-state index contributed by atoms with van der Waals surface area (Å²) < 4.78 is 28.2. The van der Waals surface area contributed by atoms with Crippen LogP contribution < -0.4 is 10.0 Å². The minimum Gasteiger partial charge on any atom is -0.395 e. The molecule has 0 aliphatic rings. The van der Waals surface area contributed by atoms with Crippen molar-refractivity contribution in [2.24, 2.45) is 0 Å². The van der Waals surface area contributed by atoms with Crippen LogP contribution in [0.25, 0.3) is 16.8 Å². The molecule has 3 aromatic rings. The number of rotatable bonds is 6. The molecule has 3 rings (SSSR count). The second kappa shape index (κ2) is 7.20. The number of pyridine rings is 1. The molecule has 2 heterocycles. The number of hydrogen-bond donors (Lipinski definition) is 3. The van der Waals surface area contributed by atoms with Crippen LogP contribution in [0, 0.1) is 0 Å². The molecular formula is C16H17N5O4S. The van der Waals surface area contributed by atoms with Gasteiger partial charge in [-0.05, 0) is 29.8 Å². The summed E-state index contributed by atoms with van der Waals surface area (Å²) in [6.07, 6.45) is 1.69. The van der Waals surface area contributed by atoms with Gasteiger partial charge in [0, 0.05) is 25.2 Å². The molecule has 3 N–H and O–H groups in total. The van der Waals surface area contributed by atoms with E-state index in [1.54, 1.807) is 30.5 Å². The van der Waals surface area contributed by atoms with Gasteiger partial charge in [-0.15, -0.1) is 5.10 Å². The van der Waals surface area contributed by atoms with E-state index in [0.29, 0.717) is 11.2 Å². The van der Waals surface area contributed by atoms with Gasteiger partial charge in [0.15, 0.2) is 5.65 Å². The maximum absolute atomic E-state index is 12.2. The van der Waals surface area contributed by atoms with Gasteiger partial charge in [-0.3, -0.25) is 10.1 Å². The first-order chi connectivity index (χ1) is 12.4. The highest BCUT2D eigenvalue weighted by Gasteiger charge is 2.14. The molecule has 0 fully saturated rings. The SMILES string of the molecule is CC(=O)Nc1nc2ccc(-c3cccc(S(=O)(=O)NCCO)c3)cn2n1. The van der Waals surface area contributed by atoms with Crippen molar-refractivity contribution in [3.8, 4) is 11.1 Å². The van der Waals surface area contributed by atoms with E-state index >= 15 is 0 Å². The number of carbonyl (C=O) groups is 1. The highest BCUT2D eigenvalue weighted by atomic mass is 32.2. The van der Waals surface area contributed by atoms with Crippen LogP contribution in [0.3, 0.4) is 0 Å². The van der Waals surface area contributed by atoms with Crippen LogP contribution in [-0.2, 0) is 14.8 Å². The lowest BCUT2D eigenvalue weighted by molar-refractivity contribution is -0.114. The van der Waals surface area contributed by atoms with Crippen molar-refractivity contribution in [1.29, 1.82) is 0 Å². The van der Waals surface area contributed by atoms with Gasteiger partial charge < -0.3 is 5.11 Å². The average Bonchev–Trinajstić information content (AvgIpc) is 3.00. The standard InChI is InChI=1S/C16H17N5O4S/c1-11(23)18-16-19-15-6-5-13(10-21(15)20-16)12-3-2-4-14(9-12)26(24,25)17-7-8-22/h2-6,9-10,17,22H,7-8H2,1H3,(H,18,20,23). The van der Waals surface area contributed by atoms with Crippen LogP contribution in [0.1, 0.15) is 6.92 Å². The first kappa shape index (κ1) is 18.0. The monoisotopic (exact) mass is 375 g/mol. The quantitative estimate of drug-likeness (QED) is 0.580. The summed E-state index contributed by atoms with van der Waals surface area (Å²) in [6.45, 7) is 1.04. The zero-order valence-corrected chi connectivity index (χ0v) is 14.7. The fourth-order valence-electron chi connectivity index (χ4n) is 2.37. The summed E-state index contributed by atoms with van der Waals surface area (Å²) in [4.78, 5) is 15.4. The molecule has 9 nitrogen and oxygen atoms in total. The summed E-state index contributed by atoms with van der Waals surface area (Å²) in [5.41, 5.74) is 1.96. The van der Waals surface area contributed by atoms with E-state index in [1.807, 2.05) is 0 Å². The number of carbonyl (C=O) groups excluding carboxylic acids is 1. The molecule has 26 heavy (non-hydrogen) atoms. The number of aliphatic hydroxyl groups excluding tert-OH is 1. The third-order valence-corrected chi connectivity index (χ3v) is 4.96. The lowest BCUT2D eigenvalue weighted by Gasteiger charge is -2.08. The average molecular weight is 375 g/mol. The fourth-order valence-corrected chi connectivity index (χ4v) is 3.44. The summed E-state index contributed by atoms with van der Waals surface area (Å²) in [5.74, 6) is -0.0754. The topological polar surface area (TPSA) is 126 Å². The van der Waals surface area contributed by atoms with Crippen molar-refractivity contribution < 1.29 is 18.3 Å². The van der Waals surface area contributed by atoms with Gasteiger partial charge in [-0.1, -0.05) is 12.1 Å². The van der Waals surface area contributed by atoms with E-state index in [4.69, 9.17) is 5.11 Å². The molecule has 0 saturated carbocycles. The normalized spacial score (nSPS) is 11.6. The van der Waals surface area contributed by atoms with Crippen molar-refractivity contribution in [3.63, 3.8) is 0 Å². The lowest BCUT2D eigenvalue weighted by Crippen LogP contribution is -2.26. The van der Waals surface area contributed by atoms with Crippen LogP contribution in [0.4, 0.5) is 5.95 Å². The Kier molecular flexibility index (Phi) is 4.98. The number of sulfonamides is 1. The number of amides is 1. The van der Waals surface area contributed by atoms with Gasteiger partial charge in [0.05, 0.1) is 11.5 Å². The number of nitrogens with one attached hydrogen (secondary N) is 2. The molecule has 0 atom stereocenters. The summed E-state index contributed by atoms with van der Waals surface area (Å²) in [6, 6.07) is 9.93. The van der Waals surface area contributed by atoms with Gasteiger partial charge >= 0.3 is 0 Å². The largest absolute Gasteiger partial charge is 0.395 e. The predicted molar refractivity (Wildman–Crippen MR) is 95.0 cm³/mol. The smallest absolute Gasteiger partial charge is 0.249 e. The van der Waals surface area contributed by atoms with Gasteiger partial charge in [-0.2, -0.15) is 4.98 Å². The van der Waals surface area contributed by atoms with Crippen LogP contribution in [0.2, 0.25) is 0 Å². The van der Waals surface area contributed by atoms with E-state index in [-0.39, 0.29) is 29.9 Å². The zero-order chi connectivity index (χ0) is 18.7. The molecule has 10 heteroatoms. The van der Waals surface area contributed by atoms with Gasteiger partial charge in [0.2, 0.25) is 21.9 Å². The molecular weight excluding hydrogens is 358 g/mol. The Balaban J connectivity index is 1.96.